The number of hydrogen-bond acceptors (Lipinski definition) is 2. The Bertz CT molecular complexity index is 288. The van der Waals surface area contributed by atoms with E-state index < -0.39 is 0 Å². The molecule has 2 nitrogen and oxygen atoms in total. The van der Waals surface area contributed by atoms with Gasteiger partial charge in [0.1, 0.15) is 0 Å². The fraction of sp³-hybridized carbons (Fsp3) is 0.400. The molecule has 0 aromatic heterocycles. The summed E-state index contributed by atoms with van der Waals surface area (Å²) in [4.78, 5) is 0. The maximum Gasteiger partial charge on any atom is 0.0655 e. The first-order valence-electron chi connectivity index (χ1n) is 4.16. The maximum atomic E-state index is 5.95. The number of rotatable bonds is 3. The van der Waals surface area contributed by atoms with Crippen molar-refractivity contribution < 1.29 is 4.74 Å². The second-order valence-corrected chi connectivity index (χ2v) is 4.12. The molecule has 13 heavy (non-hydrogen) atoms. The van der Waals surface area contributed by atoms with Crippen LogP contribution in [0, 0.1) is 10.5 Å². The second-order valence-electron chi connectivity index (χ2n) is 3.04. The number of benzene rings is 1. The molecule has 0 amide bonds. The Labute approximate surface area is 92.6 Å². The lowest BCUT2D eigenvalue weighted by molar-refractivity contribution is 0.180. The van der Waals surface area contributed by atoms with Gasteiger partial charge in [-0.15, -0.1) is 0 Å². The summed E-state index contributed by atoms with van der Waals surface area (Å²) in [7, 11) is 1.67. The van der Waals surface area contributed by atoms with E-state index in [0.29, 0.717) is 6.61 Å². The maximum absolute atomic E-state index is 5.95. The average Bonchev–Trinajstić information content (AvgIpc) is 2.10. The molecule has 3 heteroatoms. The van der Waals surface area contributed by atoms with Gasteiger partial charge in [0.2, 0.25) is 0 Å². The number of halogens is 1. The van der Waals surface area contributed by atoms with Crippen molar-refractivity contribution in [3.8, 4) is 0 Å². The van der Waals surface area contributed by atoms with Gasteiger partial charge in [-0.2, -0.15) is 0 Å². The molecule has 72 valence electrons. The predicted molar refractivity (Wildman–Crippen MR) is 62.7 cm³/mol. The quantitative estimate of drug-likeness (QED) is 0.867. The van der Waals surface area contributed by atoms with Gasteiger partial charge in [-0.05, 0) is 40.6 Å². The highest BCUT2D eigenvalue weighted by molar-refractivity contribution is 14.1. The van der Waals surface area contributed by atoms with E-state index in [2.05, 4.69) is 41.6 Å². The summed E-state index contributed by atoms with van der Waals surface area (Å²) < 4.78 is 6.26. The molecule has 1 atom stereocenters. The molecule has 1 rings (SSSR count). The van der Waals surface area contributed by atoms with Crippen molar-refractivity contribution in [2.75, 3.05) is 13.7 Å². The van der Waals surface area contributed by atoms with E-state index in [1.165, 1.54) is 14.7 Å². The highest BCUT2D eigenvalue weighted by Crippen LogP contribution is 2.21. The van der Waals surface area contributed by atoms with Gasteiger partial charge in [0, 0.05) is 10.7 Å². The number of nitrogens with two attached hydrogens (primary N) is 1. The molecular weight excluding hydrogens is 277 g/mol. The summed E-state index contributed by atoms with van der Waals surface area (Å²) in [5, 5.41) is 0. The van der Waals surface area contributed by atoms with E-state index in [1.807, 2.05) is 6.07 Å². The van der Waals surface area contributed by atoms with Crippen LogP contribution in [-0.2, 0) is 4.74 Å². The van der Waals surface area contributed by atoms with Crippen molar-refractivity contribution in [2.45, 2.75) is 13.0 Å². The van der Waals surface area contributed by atoms with Crippen LogP contribution in [0.15, 0.2) is 18.2 Å². The first-order valence-corrected chi connectivity index (χ1v) is 5.24. The van der Waals surface area contributed by atoms with Crippen LogP contribution in [0.2, 0.25) is 0 Å². The van der Waals surface area contributed by atoms with Crippen LogP contribution in [-0.4, -0.2) is 13.7 Å². The van der Waals surface area contributed by atoms with Gasteiger partial charge in [-0.1, -0.05) is 18.2 Å². The van der Waals surface area contributed by atoms with Crippen LogP contribution in [0.1, 0.15) is 17.2 Å². The molecular formula is C10H14INO. The third kappa shape index (κ3) is 2.65. The van der Waals surface area contributed by atoms with Crippen molar-refractivity contribution >= 4 is 22.6 Å². The van der Waals surface area contributed by atoms with Crippen LogP contribution in [0.4, 0.5) is 0 Å². The van der Waals surface area contributed by atoms with E-state index in [9.17, 15) is 0 Å². The molecule has 1 aromatic rings. The Morgan fingerprint density at radius 1 is 1.54 bits per heavy atom. The first-order chi connectivity index (χ1) is 6.16. The highest BCUT2D eigenvalue weighted by Gasteiger charge is 2.09. The molecule has 0 saturated carbocycles. The molecule has 0 radical (unpaired) electrons. The third-order valence-corrected chi connectivity index (χ3v) is 3.44. The van der Waals surface area contributed by atoms with E-state index in [1.54, 1.807) is 7.11 Å². The molecule has 0 spiro atoms. The number of methoxy groups -OCH3 is 1. The molecule has 0 aliphatic heterocycles. The zero-order valence-corrected chi connectivity index (χ0v) is 10.0. The molecule has 0 saturated heterocycles. The van der Waals surface area contributed by atoms with Gasteiger partial charge in [0.15, 0.2) is 0 Å². The molecule has 1 aromatic carbocycles. The molecule has 0 aliphatic rings. The van der Waals surface area contributed by atoms with Gasteiger partial charge >= 0.3 is 0 Å². The normalized spacial score (nSPS) is 12.9. The number of ether oxygens (including phenoxy) is 1. The summed E-state index contributed by atoms with van der Waals surface area (Å²) >= 11 is 2.32. The van der Waals surface area contributed by atoms with Crippen molar-refractivity contribution in [3.63, 3.8) is 0 Å². The summed E-state index contributed by atoms with van der Waals surface area (Å²) in [6, 6.07) is 6.16. The molecule has 0 aliphatic carbocycles. The number of hydrogen-bond donors (Lipinski definition) is 1. The van der Waals surface area contributed by atoms with Crippen LogP contribution in [0.3, 0.4) is 0 Å². The van der Waals surface area contributed by atoms with Crippen LogP contribution in [0.5, 0.6) is 0 Å². The van der Waals surface area contributed by atoms with E-state index in [-0.39, 0.29) is 6.04 Å². The zero-order valence-electron chi connectivity index (χ0n) is 7.88. The monoisotopic (exact) mass is 291 g/mol. The zero-order chi connectivity index (χ0) is 9.84. The third-order valence-electron chi connectivity index (χ3n) is 1.97. The van der Waals surface area contributed by atoms with Crippen molar-refractivity contribution in [2.24, 2.45) is 5.73 Å². The fourth-order valence-electron chi connectivity index (χ4n) is 1.23. The lowest BCUT2D eigenvalue weighted by atomic mass is 10.1. The average molecular weight is 291 g/mol. The molecule has 0 bridgehead atoms. The minimum absolute atomic E-state index is 0.0169. The van der Waals surface area contributed by atoms with Gasteiger partial charge in [-0.25, -0.2) is 0 Å². The summed E-state index contributed by atoms with van der Waals surface area (Å²) in [6.07, 6.45) is 0. The van der Waals surface area contributed by atoms with E-state index in [0.717, 1.165) is 0 Å². The predicted octanol–water partition coefficient (Wildman–Crippen LogP) is 2.25. The molecule has 0 heterocycles. The van der Waals surface area contributed by atoms with Gasteiger partial charge in [-0.3, -0.25) is 0 Å². The van der Waals surface area contributed by atoms with Crippen LogP contribution < -0.4 is 5.73 Å². The van der Waals surface area contributed by atoms with E-state index in [4.69, 9.17) is 10.5 Å². The van der Waals surface area contributed by atoms with Crippen LogP contribution >= 0.6 is 22.6 Å². The summed E-state index contributed by atoms with van der Waals surface area (Å²) in [5.41, 5.74) is 8.38. The first kappa shape index (κ1) is 10.9. The summed E-state index contributed by atoms with van der Waals surface area (Å²) in [5.74, 6) is 0. The largest absolute Gasteiger partial charge is 0.383 e. The minimum Gasteiger partial charge on any atom is -0.383 e. The summed E-state index contributed by atoms with van der Waals surface area (Å²) in [6.45, 7) is 2.66. The van der Waals surface area contributed by atoms with Crippen molar-refractivity contribution in [3.05, 3.63) is 32.9 Å². The fourth-order valence-corrected chi connectivity index (χ4v) is 1.99. The standard InChI is InChI=1S/C10H14INO/c1-7-4-3-5-8(10(7)11)9(12)6-13-2/h3-5,9H,6,12H2,1-2H3/t9-/m1/s1. The smallest absolute Gasteiger partial charge is 0.0655 e. The second kappa shape index (κ2) is 4.93. The van der Waals surface area contributed by atoms with Crippen molar-refractivity contribution in [1.82, 2.24) is 0 Å². The minimum atomic E-state index is -0.0169. The number of aryl methyl sites for hydroxylation is 1. The Morgan fingerprint density at radius 3 is 2.85 bits per heavy atom. The molecule has 0 unspecified atom stereocenters. The Morgan fingerprint density at radius 2 is 2.23 bits per heavy atom. The lowest BCUT2D eigenvalue weighted by Gasteiger charge is -2.13. The molecule has 2 N–H and O–H groups in total. The SMILES string of the molecule is COC[C@@H](N)c1cccc(C)c1I. The Kier molecular flexibility index (Phi) is 4.15. The topological polar surface area (TPSA) is 35.2 Å². The van der Waals surface area contributed by atoms with Gasteiger partial charge in [0.25, 0.3) is 0 Å². The Hall–Kier alpha value is -0.130. The van der Waals surface area contributed by atoms with Gasteiger partial charge in [0.05, 0.1) is 12.6 Å². The van der Waals surface area contributed by atoms with Gasteiger partial charge < -0.3 is 10.5 Å². The Balaban J connectivity index is 2.93. The van der Waals surface area contributed by atoms with E-state index >= 15 is 0 Å². The lowest BCUT2D eigenvalue weighted by Crippen LogP contribution is -2.17. The molecule has 0 fully saturated rings. The van der Waals surface area contributed by atoms with Crippen molar-refractivity contribution in [1.29, 1.82) is 0 Å². The van der Waals surface area contributed by atoms with Crippen LogP contribution in [0.25, 0.3) is 0 Å². The highest BCUT2D eigenvalue weighted by atomic mass is 127.